The number of ether oxygens (including phenoxy) is 3. The molecule has 2 aliphatic rings. The van der Waals surface area contributed by atoms with Gasteiger partial charge in [0.2, 0.25) is 0 Å². The molecular formula is C24H28O5. The van der Waals surface area contributed by atoms with Crippen LogP contribution in [0.5, 0.6) is 11.5 Å². The van der Waals surface area contributed by atoms with Gasteiger partial charge in [-0.1, -0.05) is 30.3 Å². The van der Waals surface area contributed by atoms with Crippen molar-refractivity contribution in [3.63, 3.8) is 0 Å². The lowest BCUT2D eigenvalue weighted by Gasteiger charge is -2.50. The molecule has 29 heavy (non-hydrogen) atoms. The van der Waals surface area contributed by atoms with Crippen molar-refractivity contribution in [1.29, 1.82) is 0 Å². The van der Waals surface area contributed by atoms with Crippen LogP contribution in [0.25, 0.3) is 0 Å². The van der Waals surface area contributed by atoms with Crippen molar-refractivity contribution in [3.05, 3.63) is 59.7 Å². The number of fused-ring (bicyclic) bond motifs is 3. The zero-order chi connectivity index (χ0) is 20.6. The minimum absolute atomic E-state index is 0.0301. The molecule has 2 aromatic carbocycles. The number of methoxy groups -OCH3 is 1. The second kappa shape index (κ2) is 7.71. The molecule has 0 saturated carbocycles. The van der Waals surface area contributed by atoms with Gasteiger partial charge in [0.25, 0.3) is 0 Å². The molecule has 0 aliphatic carbocycles. The predicted molar refractivity (Wildman–Crippen MR) is 109 cm³/mol. The van der Waals surface area contributed by atoms with Crippen LogP contribution >= 0.6 is 0 Å². The van der Waals surface area contributed by atoms with Gasteiger partial charge in [-0.05, 0) is 50.8 Å². The molecule has 1 fully saturated rings. The zero-order valence-corrected chi connectivity index (χ0v) is 17.1. The Labute approximate surface area is 171 Å². The molecule has 0 spiro atoms. The lowest BCUT2D eigenvalue weighted by atomic mass is 9.71. The topological polar surface area (TPSA) is 65.0 Å². The van der Waals surface area contributed by atoms with Gasteiger partial charge in [0, 0.05) is 17.5 Å². The molecule has 5 nitrogen and oxygen atoms in total. The van der Waals surface area contributed by atoms with E-state index in [1.165, 1.54) is 5.56 Å². The van der Waals surface area contributed by atoms with Crippen molar-refractivity contribution in [1.82, 2.24) is 0 Å². The highest BCUT2D eigenvalue weighted by Crippen LogP contribution is 2.53. The number of hydrogen-bond acceptors (Lipinski definition) is 4. The second-order valence-corrected chi connectivity index (χ2v) is 8.52. The first kappa shape index (κ1) is 19.8. The van der Waals surface area contributed by atoms with Gasteiger partial charge in [-0.2, -0.15) is 0 Å². The van der Waals surface area contributed by atoms with Gasteiger partial charge in [-0.3, -0.25) is 4.79 Å². The number of carboxylic acid groups (broad SMARTS) is 1. The fourth-order valence-corrected chi connectivity index (χ4v) is 4.67. The first-order valence-electron chi connectivity index (χ1n) is 10.2. The van der Waals surface area contributed by atoms with Crippen molar-refractivity contribution in [2.24, 2.45) is 11.8 Å². The van der Waals surface area contributed by atoms with Gasteiger partial charge in [0.1, 0.15) is 17.1 Å². The molecule has 0 aromatic heterocycles. The average molecular weight is 396 g/mol. The van der Waals surface area contributed by atoms with E-state index in [0.717, 1.165) is 23.5 Å². The number of hydrogen-bond donors (Lipinski definition) is 1. The van der Waals surface area contributed by atoms with E-state index in [1.54, 1.807) is 7.11 Å². The van der Waals surface area contributed by atoms with Crippen LogP contribution in [0.3, 0.4) is 0 Å². The van der Waals surface area contributed by atoms with Crippen LogP contribution in [0.4, 0.5) is 0 Å². The summed E-state index contributed by atoms with van der Waals surface area (Å²) in [5, 5.41) is 9.89. The molecule has 2 heterocycles. The Balaban J connectivity index is 1.63. The lowest BCUT2D eigenvalue weighted by Crippen LogP contribution is -2.52. The Morgan fingerprint density at radius 2 is 1.97 bits per heavy atom. The van der Waals surface area contributed by atoms with Crippen LogP contribution in [0.15, 0.2) is 48.5 Å². The van der Waals surface area contributed by atoms with Gasteiger partial charge >= 0.3 is 5.97 Å². The summed E-state index contributed by atoms with van der Waals surface area (Å²) >= 11 is 0. The quantitative estimate of drug-likeness (QED) is 0.797. The molecule has 4 atom stereocenters. The number of carbonyl (C=O) groups is 1. The van der Waals surface area contributed by atoms with E-state index < -0.39 is 17.5 Å². The summed E-state index contributed by atoms with van der Waals surface area (Å²) in [5.41, 5.74) is 1.64. The standard InChI is InChI=1S/C24H28O5/c1-24(2)19-14-18(23(25)26)20(12-9-15-7-5-4-6-8-15)28-22(19)17-11-10-16(27-3)13-21(17)29-24/h4-8,10-11,13,18-20,22H,9,12,14H2,1-3H3,(H,25,26)/t18-,19-,20-,22+/m1/s1. The maximum Gasteiger partial charge on any atom is 0.309 e. The molecule has 5 heteroatoms. The SMILES string of the molecule is COc1ccc2c(c1)OC(C)(C)[C@@H]1C[C@@H](C(=O)O)[C@@H](CCc3ccccc3)O[C@@H]21. The Kier molecular flexibility index (Phi) is 5.26. The Hall–Kier alpha value is -2.53. The van der Waals surface area contributed by atoms with Crippen LogP contribution in [0, 0.1) is 11.8 Å². The largest absolute Gasteiger partial charge is 0.497 e. The summed E-state index contributed by atoms with van der Waals surface area (Å²) in [4.78, 5) is 12.1. The number of benzene rings is 2. The smallest absolute Gasteiger partial charge is 0.309 e. The van der Waals surface area contributed by atoms with E-state index in [-0.39, 0.29) is 18.1 Å². The number of carboxylic acids is 1. The molecule has 0 bridgehead atoms. The molecule has 1 N–H and O–H groups in total. The fourth-order valence-electron chi connectivity index (χ4n) is 4.67. The molecule has 1 saturated heterocycles. The van der Waals surface area contributed by atoms with E-state index in [4.69, 9.17) is 14.2 Å². The van der Waals surface area contributed by atoms with Gasteiger partial charge in [0.15, 0.2) is 0 Å². The molecule has 0 unspecified atom stereocenters. The van der Waals surface area contributed by atoms with Crippen LogP contribution in [0.2, 0.25) is 0 Å². The highest BCUT2D eigenvalue weighted by Gasteiger charge is 2.51. The summed E-state index contributed by atoms with van der Waals surface area (Å²) in [6.07, 6.45) is 1.49. The molecule has 2 aliphatic heterocycles. The van der Waals surface area contributed by atoms with Crippen molar-refractivity contribution >= 4 is 5.97 Å². The number of aryl methyl sites for hydroxylation is 1. The third-order valence-corrected chi connectivity index (χ3v) is 6.31. The average Bonchev–Trinajstić information content (AvgIpc) is 2.71. The fraction of sp³-hybridized carbons (Fsp3) is 0.458. The van der Waals surface area contributed by atoms with E-state index in [2.05, 4.69) is 12.1 Å². The van der Waals surface area contributed by atoms with Gasteiger partial charge in [0.05, 0.1) is 25.2 Å². The van der Waals surface area contributed by atoms with Crippen molar-refractivity contribution in [2.45, 2.75) is 50.9 Å². The predicted octanol–water partition coefficient (Wildman–Crippen LogP) is 4.65. The first-order valence-corrected chi connectivity index (χ1v) is 10.2. The highest BCUT2D eigenvalue weighted by atomic mass is 16.5. The summed E-state index contributed by atoms with van der Waals surface area (Å²) in [6.45, 7) is 4.03. The van der Waals surface area contributed by atoms with E-state index >= 15 is 0 Å². The zero-order valence-electron chi connectivity index (χ0n) is 17.1. The normalized spacial score (nSPS) is 27.3. The maximum absolute atomic E-state index is 12.1. The number of aliphatic carboxylic acids is 1. The summed E-state index contributed by atoms with van der Waals surface area (Å²) in [6, 6.07) is 15.9. The molecule has 2 aromatic rings. The third kappa shape index (κ3) is 3.84. The minimum atomic E-state index is -0.794. The summed E-state index contributed by atoms with van der Waals surface area (Å²) < 4.78 is 18.1. The molecule has 4 rings (SSSR count). The highest BCUT2D eigenvalue weighted by molar-refractivity contribution is 5.71. The second-order valence-electron chi connectivity index (χ2n) is 8.52. The van der Waals surface area contributed by atoms with Gasteiger partial charge < -0.3 is 19.3 Å². The van der Waals surface area contributed by atoms with Crippen molar-refractivity contribution in [3.8, 4) is 11.5 Å². The van der Waals surface area contributed by atoms with Gasteiger partial charge in [-0.25, -0.2) is 0 Å². The summed E-state index contributed by atoms with van der Waals surface area (Å²) in [5.74, 6) is 0.127. The van der Waals surface area contributed by atoms with Crippen LogP contribution in [-0.2, 0) is 16.0 Å². The molecule has 0 amide bonds. The van der Waals surface area contributed by atoms with Crippen molar-refractivity contribution < 1.29 is 24.1 Å². The molecule has 0 radical (unpaired) electrons. The molecule has 154 valence electrons. The van der Waals surface area contributed by atoms with E-state index in [0.29, 0.717) is 12.8 Å². The van der Waals surface area contributed by atoms with E-state index in [1.807, 2.05) is 50.2 Å². The van der Waals surface area contributed by atoms with Crippen molar-refractivity contribution in [2.75, 3.05) is 7.11 Å². The van der Waals surface area contributed by atoms with Crippen LogP contribution in [0.1, 0.15) is 43.9 Å². The summed E-state index contributed by atoms with van der Waals surface area (Å²) in [7, 11) is 1.63. The third-order valence-electron chi connectivity index (χ3n) is 6.31. The first-order chi connectivity index (χ1) is 13.9. The lowest BCUT2D eigenvalue weighted by molar-refractivity contribution is -0.188. The van der Waals surface area contributed by atoms with Crippen LogP contribution < -0.4 is 9.47 Å². The Morgan fingerprint density at radius 1 is 1.21 bits per heavy atom. The van der Waals surface area contributed by atoms with E-state index in [9.17, 15) is 9.90 Å². The maximum atomic E-state index is 12.1. The minimum Gasteiger partial charge on any atom is -0.497 e. The van der Waals surface area contributed by atoms with Crippen LogP contribution in [-0.4, -0.2) is 29.9 Å². The van der Waals surface area contributed by atoms with Gasteiger partial charge in [-0.15, -0.1) is 0 Å². The molecular weight excluding hydrogens is 368 g/mol. The Bertz CT molecular complexity index is 876. The Morgan fingerprint density at radius 3 is 2.66 bits per heavy atom. The number of rotatable bonds is 5. The monoisotopic (exact) mass is 396 g/mol.